The summed E-state index contributed by atoms with van der Waals surface area (Å²) in [7, 11) is 0. The van der Waals surface area contributed by atoms with E-state index >= 15 is 0 Å². The van der Waals surface area contributed by atoms with Gasteiger partial charge in [0, 0.05) is 36.5 Å². The van der Waals surface area contributed by atoms with Gasteiger partial charge in [0.25, 0.3) is 0 Å². The second kappa shape index (κ2) is 12.3. The third-order valence-corrected chi connectivity index (χ3v) is 7.48. The van der Waals surface area contributed by atoms with E-state index < -0.39 is 42.1 Å². The average Bonchev–Trinajstić information content (AvgIpc) is 3.78. The van der Waals surface area contributed by atoms with Gasteiger partial charge >= 0.3 is 12.4 Å². The van der Waals surface area contributed by atoms with E-state index in [1.54, 1.807) is 36.4 Å². The first-order valence-electron chi connectivity index (χ1n) is 13.7. The zero-order valence-electron chi connectivity index (χ0n) is 23.4. The van der Waals surface area contributed by atoms with Crippen LogP contribution in [0.3, 0.4) is 0 Å². The molecular formula is C31H21ClF6N4O4. The number of halogens is 7. The second-order valence-corrected chi connectivity index (χ2v) is 10.7. The normalized spacial score (nSPS) is 14.2. The number of carbonyl (C=O) groups excluding carboxylic acids is 1. The Morgan fingerprint density at radius 2 is 1.65 bits per heavy atom. The minimum Gasteiger partial charge on any atom is -0.355 e. The minimum absolute atomic E-state index is 0.0129. The molecule has 0 amide bonds. The van der Waals surface area contributed by atoms with Crippen LogP contribution < -0.4 is 0 Å². The van der Waals surface area contributed by atoms with Crippen LogP contribution in [0.4, 0.5) is 26.3 Å². The number of alkyl halides is 6. The number of benzene rings is 2. The van der Waals surface area contributed by atoms with E-state index in [9.17, 15) is 31.1 Å². The van der Waals surface area contributed by atoms with Crippen molar-refractivity contribution < 1.29 is 45.1 Å². The lowest BCUT2D eigenvalue weighted by Crippen LogP contribution is -2.16. The van der Waals surface area contributed by atoms with Crippen LogP contribution in [0.2, 0.25) is 5.02 Å². The molecule has 0 radical (unpaired) electrons. The van der Waals surface area contributed by atoms with Crippen molar-refractivity contribution in [1.82, 2.24) is 19.7 Å². The molecule has 0 unspecified atom stereocenters. The predicted octanol–water partition coefficient (Wildman–Crippen LogP) is 7.49. The number of ketones is 1. The summed E-state index contributed by atoms with van der Waals surface area (Å²) in [5, 5.41) is 4.37. The van der Waals surface area contributed by atoms with Crippen molar-refractivity contribution in [1.29, 1.82) is 0 Å². The van der Waals surface area contributed by atoms with Gasteiger partial charge in [-0.25, -0.2) is 4.98 Å². The Hall–Kier alpha value is -4.53. The van der Waals surface area contributed by atoms with Crippen LogP contribution in [0.5, 0.6) is 0 Å². The molecule has 0 N–H and O–H groups in total. The maximum absolute atomic E-state index is 14.4. The Bertz CT molecular complexity index is 1850. The van der Waals surface area contributed by atoms with E-state index in [-0.39, 0.29) is 51.5 Å². The SMILES string of the molecule is O=C(c1ncn(Cc2cc(C(F)(F)F)cc(C(F)(F)F)c2)c1-c1cccnc1)c1c(CC2OCCO2)noc1-c1ccccc1Cl. The van der Waals surface area contributed by atoms with Crippen LogP contribution >= 0.6 is 11.6 Å². The fourth-order valence-electron chi connectivity index (χ4n) is 5.11. The third kappa shape index (κ3) is 6.41. The zero-order chi connectivity index (χ0) is 32.6. The number of nitrogens with zero attached hydrogens (tertiary/aromatic N) is 4. The van der Waals surface area contributed by atoms with E-state index in [4.69, 9.17) is 25.6 Å². The summed E-state index contributed by atoms with van der Waals surface area (Å²) in [5.74, 6) is -0.662. The molecule has 15 heteroatoms. The van der Waals surface area contributed by atoms with Crippen LogP contribution in [0.25, 0.3) is 22.6 Å². The molecule has 0 saturated carbocycles. The molecule has 6 rings (SSSR count). The zero-order valence-corrected chi connectivity index (χ0v) is 24.2. The van der Waals surface area contributed by atoms with Crippen molar-refractivity contribution >= 4 is 17.4 Å². The summed E-state index contributed by atoms with van der Waals surface area (Å²) < 4.78 is 99.6. The molecule has 3 aromatic heterocycles. The minimum atomic E-state index is -5.04. The molecule has 0 atom stereocenters. The molecule has 46 heavy (non-hydrogen) atoms. The van der Waals surface area contributed by atoms with Gasteiger partial charge in [-0.15, -0.1) is 0 Å². The number of imidazole rings is 1. The Kier molecular flexibility index (Phi) is 8.44. The smallest absolute Gasteiger partial charge is 0.355 e. The first-order valence-corrected chi connectivity index (χ1v) is 14.0. The van der Waals surface area contributed by atoms with Crippen LogP contribution in [0, 0.1) is 0 Å². The first kappa shape index (κ1) is 31.5. The Balaban J connectivity index is 1.49. The Morgan fingerprint density at radius 1 is 0.957 bits per heavy atom. The summed E-state index contributed by atoms with van der Waals surface area (Å²) in [4.78, 5) is 22.8. The lowest BCUT2D eigenvalue weighted by atomic mass is 9.97. The van der Waals surface area contributed by atoms with E-state index in [0.717, 1.165) is 6.33 Å². The Labute approximate surface area is 261 Å². The first-order chi connectivity index (χ1) is 21.9. The van der Waals surface area contributed by atoms with Crippen molar-refractivity contribution in [2.24, 2.45) is 0 Å². The largest absolute Gasteiger partial charge is 0.416 e. The molecule has 0 aliphatic carbocycles. The third-order valence-electron chi connectivity index (χ3n) is 7.15. The topological polar surface area (TPSA) is 92.3 Å². The molecule has 1 aliphatic heterocycles. The summed E-state index contributed by atoms with van der Waals surface area (Å²) in [6, 6.07) is 11.0. The summed E-state index contributed by atoms with van der Waals surface area (Å²) >= 11 is 6.44. The highest BCUT2D eigenvalue weighted by Crippen LogP contribution is 2.38. The maximum atomic E-state index is 14.4. The van der Waals surface area contributed by atoms with E-state index in [2.05, 4.69) is 15.1 Å². The summed E-state index contributed by atoms with van der Waals surface area (Å²) in [6.45, 7) is 0.184. The Morgan fingerprint density at radius 3 is 2.28 bits per heavy atom. The highest BCUT2D eigenvalue weighted by atomic mass is 35.5. The number of rotatable bonds is 8. The van der Waals surface area contributed by atoms with Crippen LogP contribution in [0.15, 0.2) is 77.8 Å². The van der Waals surface area contributed by atoms with Gasteiger partial charge in [-0.1, -0.05) is 28.9 Å². The van der Waals surface area contributed by atoms with Gasteiger partial charge in [-0.2, -0.15) is 26.3 Å². The van der Waals surface area contributed by atoms with Crippen molar-refractivity contribution in [2.45, 2.75) is 31.6 Å². The fourth-order valence-corrected chi connectivity index (χ4v) is 5.33. The molecule has 1 aliphatic rings. The molecule has 8 nitrogen and oxygen atoms in total. The van der Waals surface area contributed by atoms with Gasteiger partial charge in [0.1, 0.15) is 11.4 Å². The monoisotopic (exact) mass is 662 g/mol. The predicted molar refractivity (Wildman–Crippen MR) is 151 cm³/mol. The number of hydrogen-bond acceptors (Lipinski definition) is 7. The molecule has 2 aromatic carbocycles. The van der Waals surface area contributed by atoms with Crippen LogP contribution in [0.1, 0.15) is 38.4 Å². The van der Waals surface area contributed by atoms with Crippen LogP contribution in [-0.4, -0.2) is 45.0 Å². The van der Waals surface area contributed by atoms with E-state index in [1.165, 1.54) is 17.0 Å². The summed E-state index contributed by atoms with van der Waals surface area (Å²) in [6.07, 6.45) is -6.74. The standard InChI is InChI=1S/C31H21ClF6N4O4/c32-22-6-2-1-5-21(22)29-25(23(41-46-29)13-24-44-8-9-45-24)28(43)26-27(18-4-3-7-39-14-18)42(16-40-26)15-17-10-19(30(33,34)35)12-20(11-17)31(36,37)38/h1-7,10-12,14,16,24H,8-9,13,15H2. The van der Waals surface area contributed by atoms with Gasteiger partial charge in [0.05, 0.1) is 46.9 Å². The average molecular weight is 663 g/mol. The summed E-state index contributed by atoms with van der Waals surface area (Å²) in [5.41, 5.74) is -2.50. The lowest BCUT2D eigenvalue weighted by Gasteiger charge is -2.16. The molecule has 0 spiro atoms. The van der Waals surface area contributed by atoms with Gasteiger partial charge in [-0.3, -0.25) is 9.78 Å². The highest BCUT2D eigenvalue weighted by molar-refractivity contribution is 6.33. The van der Waals surface area contributed by atoms with Gasteiger partial charge in [0.2, 0.25) is 5.78 Å². The van der Waals surface area contributed by atoms with Gasteiger partial charge in [-0.05, 0) is 48.0 Å². The number of hydrogen-bond donors (Lipinski definition) is 0. The molecule has 0 bridgehead atoms. The second-order valence-electron chi connectivity index (χ2n) is 10.2. The fraction of sp³-hybridized carbons (Fsp3) is 0.226. The highest BCUT2D eigenvalue weighted by Gasteiger charge is 2.37. The van der Waals surface area contributed by atoms with Crippen molar-refractivity contribution in [3.8, 4) is 22.6 Å². The molecular weight excluding hydrogens is 642 g/mol. The van der Waals surface area contributed by atoms with Crippen molar-refractivity contribution in [3.63, 3.8) is 0 Å². The van der Waals surface area contributed by atoms with Gasteiger partial charge < -0.3 is 18.6 Å². The van der Waals surface area contributed by atoms with Gasteiger partial charge in [0.15, 0.2) is 12.1 Å². The van der Waals surface area contributed by atoms with Crippen molar-refractivity contribution in [3.05, 3.63) is 112 Å². The molecule has 1 fully saturated rings. The molecule has 238 valence electrons. The van der Waals surface area contributed by atoms with Crippen molar-refractivity contribution in [2.75, 3.05) is 13.2 Å². The molecule has 4 heterocycles. The number of aromatic nitrogens is 4. The number of carbonyl (C=O) groups is 1. The lowest BCUT2D eigenvalue weighted by molar-refractivity contribution is -0.143. The quantitative estimate of drug-likeness (QED) is 0.126. The van der Waals surface area contributed by atoms with Crippen LogP contribution in [-0.2, 0) is 34.8 Å². The van der Waals surface area contributed by atoms with E-state index in [0.29, 0.717) is 36.5 Å². The maximum Gasteiger partial charge on any atom is 0.416 e. The molecule has 5 aromatic rings. The van der Waals surface area contributed by atoms with E-state index in [1.807, 2.05) is 0 Å². The number of pyridine rings is 1. The number of ether oxygens (including phenoxy) is 2. The molecule has 1 saturated heterocycles.